The second kappa shape index (κ2) is 3.91. The largest absolute Gasteiger partial charge is 0.387 e. The summed E-state index contributed by atoms with van der Waals surface area (Å²) in [5, 5.41) is 8.65. The van der Waals surface area contributed by atoms with Crippen molar-refractivity contribution in [1.29, 1.82) is 0 Å². The Hall–Kier alpha value is 0.160. The summed E-state index contributed by atoms with van der Waals surface area (Å²) in [6.45, 7) is 1.52. The van der Waals surface area contributed by atoms with E-state index in [2.05, 4.69) is 0 Å². The standard InChI is InChI=1S/C6H9BrF4O/c1-2-3-4(12)5(8,9)6(7,10)11/h4,12H,2-3H2,1H3. The van der Waals surface area contributed by atoms with Crippen LogP contribution in [0, 0.1) is 0 Å². The third kappa shape index (κ3) is 2.58. The molecule has 0 aromatic carbocycles. The highest BCUT2D eigenvalue weighted by Crippen LogP contribution is 2.42. The molecule has 6 heteroatoms. The molecular formula is C6H9BrF4O. The summed E-state index contributed by atoms with van der Waals surface area (Å²) in [6.07, 6.45) is -2.44. The summed E-state index contributed by atoms with van der Waals surface area (Å²) in [5.74, 6) is -4.41. The molecule has 0 bridgehead atoms. The third-order valence-electron chi connectivity index (χ3n) is 1.36. The van der Waals surface area contributed by atoms with Gasteiger partial charge < -0.3 is 5.11 Å². The molecule has 0 aliphatic heterocycles. The quantitative estimate of drug-likeness (QED) is 0.603. The number of hydrogen-bond donors (Lipinski definition) is 1. The lowest BCUT2D eigenvalue weighted by atomic mass is 10.1. The maximum absolute atomic E-state index is 12.5. The van der Waals surface area contributed by atoms with Gasteiger partial charge in [0.15, 0.2) is 0 Å². The smallest absolute Gasteiger partial charge is 0.366 e. The molecule has 0 saturated heterocycles. The monoisotopic (exact) mass is 252 g/mol. The lowest BCUT2D eigenvalue weighted by molar-refractivity contribution is -0.206. The number of alkyl halides is 5. The predicted molar refractivity (Wildman–Crippen MR) is 39.7 cm³/mol. The first-order chi connectivity index (χ1) is 5.23. The first kappa shape index (κ1) is 12.2. The third-order valence-corrected chi connectivity index (χ3v) is 1.89. The van der Waals surface area contributed by atoms with E-state index in [9.17, 15) is 17.6 Å². The van der Waals surface area contributed by atoms with E-state index in [-0.39, 0.29) is 12.8 Å². The van der Waals surface area contributed by atoms with Crippen LogP contribution in [-0.4, -0.2) is 22.0 Å². The summed E-state index contributed by atoms with van der Waals surface area (Å²) in [4.78, 5) is -4.35. The molecule has 1 atom stereocenters. The molecule has 12 heavy (non-hydrogen) atoms. The molecule has 0 aromatic heterocycles. The molecule has 1 nitrogen and oxygen atoms in total. The Bertz CT molecular complexity index is 145. The Kier molecular flexibility index (Phi) is 3.96. The molecule has 0 saturated carbocycles. The topological polar surface area (TPSA) is 20.2 Å². The van der Waals surface area contributed by atoms with E-state index in [0.29, 0.717) is 0 Å². The van der Waals surface area contributed by atoms with Crippen LogP contribution in [0.5, 0.6) is 0 Å². The SMILES string of the molecule is CCCC(O)C(F)(F)C(F)(F)Br. The van der Waals surface area contributed by atoms with Crippen LogP contribution in [0.4, 0.5) is 17.6 Å². The number of halogens is 5. The average molecular weight is 253 g/mol. The van der Waals surface area contributed by atoms with E-state index in [1.54, 1.807) is 0 Å². The van der Waals surface area contributed by atoms with E-state index >= 15 is 0 Å². The molecule has 1 unspecified atom stereocenters. The molecule has 0 heterocycles. The first-order valence-corrected chi connectivity index (χ1v) is 4.15. The van der Waals surface area contributed by atoms with Crippen LogP contribution < -0.4 is 0 Å². The minimum atomic E-state index is -4.41. The lowest BCUT2D eigenvalue weighted by Gasteiger charge is -2.25. The van der Waals surface area contributed by atoms with Gasteiger partial charge in [0.2, 0.25) is 0 Å². The van der Waals surface area contributed by atoms with Crippen molar-refractivity contribution < 1.29 is 22.7 Å². The highest BCUT2D eigenvalue weighted by molar-refractivity contribution is 9.10. The van der Waals surface area contributed by atoms with Gasteiger partial charge in [-0.3, -0.25) is 0 Å². The van der Waals surface area contributed by atoms with E-state index in [4.69, 9.17) is 5.11 Å². The first-order valence-electron chi connectivity index (χ1n) is 3.36. The van der Waals surface area contributed by atoms with Crippen LogP contribution in [0.3, 0.4) is 0 Å². The summed E-state index contributed by atoms with van der Waals surface area (Å²) >= 11 is 1.53. The molecule has 0 spiro atoms. The van der Waals surface area contributed by atoms with Crippen molar-refractivity contribution in [2.24, 2.45) is 0 Å². The van der Waals surface area contributed by atoms with Gasteiger partial charge in [-0.05, 0) is 22.4 Å². The molecule has 1 N–H and O–H groups in total. The van der Waals surface area contributed by atoms with E-state index in [1.807, 2.05) is 0 Å². The molecule has 0 fully saturated rings. The Morgan fingerprint density at radius 1 is 1.33 bits per heavy atom. The van der Waals surface area contributed by atoms with Crippen LogP contribution >= 0.6 is 15.9 Å². The maximum atomic E-state index is 12.5. The maximum Gasteiger partial charge on any atom is 0.366 e. The van der Waals surface area contributed by atoms with Crippen LogP contribution in [-0.2, 0) is 0 Å². The predicted octanol–water partition coefficient (Wildman–Crippen LogP) is 2.77. The fourth-order valence-corrected chi connectivity index (χ4v) is 0.908. The fraction of sp³-hybridized carbons (Fsp3) is 1.00. The molecule has 0 aliphatic carbocycles. The Labute approximate surface area is 75.9 Å². The zero-order valence-corrected chi connectivity index (χ0v) is 7.91. The van der Waals surface area contributed by atoms with Gasteiger partial charge >= 0.3 is 10.8 Å². The summed E-state index contributed by atoms with van der Waals surface area (Å²) in [7, 11) is 0. The Morgan fingerprint density at radius 2 is 1.75 bits per heavy atom. The molecule has 0 aliphatic rings. The van der Waals surface area contributed by atoms with Crippen molar-refractivity contribution in [3.8, 4) is 0 Å². The number of aliphatic hydroxyl groups excluding tert-OH is 1. The highest BCUT2D eigenvalue weighted by Gasteiger charge is 2.58. The Morgan fingerprint density at radius 3 is 2.00 bits per heavy atom. The highest BCUT2D eigenvalue weighted by atomic mass is 79.9. The van der Waals surface area contributed by atoms with Crippen LogP contribution in [0.15, 0.2) is 0 Å². The zero-order valence-electron chi connectivity index (χ0n) is 6.33. The van der Waals surface area contributed by atoms with Gasteiger partial charge in [0.05, 0.1) is 0 Å². The average Bonchev–Trinajstić information content (AvgIpc) is 1.85. The summed E-state index contributed by atoms with van der Waals surface area (Å²) in [5.41, 5.74) is 0. The second-order valence-corrected chi connectivity index (χ2v) is 3.42. The van der Waals surface area contributed by atoms with Crippen molar-refractivity contribution in [3.63, 3.8) is 0 Å². The molecular weight excluding hydrogens is 244 g/mol. The van der Waals surface area contributed by atoms with Gasteiger partial charge in [-0.1, -0.05) is 13.3 Å². The van der Waals surface area contributed by atoms with Gasteiger partial charge in [0, 0.05) is 0 Å². The fourth-order valence-electron chi connectivity index (χ4n) is 0.644. The van der Waals surface area contributed by atoms with Crippen LogP contribution in [0.25, 0.3) is 0 Å². The minimum Gasteiger partial charge on any atom is -0.387 e. The molecule has 0 amide bonds. The number of rotatable bonds is 4. The second-order valence-electron chi connectivity index (χ2n) is 2.43. The van der Waals surface area contributed by atoms with E-state index < -0.39 is 16.9 Å². The van der Waals surface area contributed by atoms with E-state index in [1.165, 1.54) is 22.9 Å². The Balaban J connectivity index is 4.38. The molecule has 0 aromatic rings. The van der Waals surface area contributed by atoms with Gasteiger partial charge in [-0.15, -0.1) is 0 Å². The van der Waals surface area contributed by atoms with Gasteiger partial charge in [0.25, 0.3) is 0 Å². The summed E-state index contributed by atoms with van der Waals surface area (Å²) < 4.78 is 49.1. The number of hydrogen-bond acceptors (Lipinski definition) is 1. The van der Waals surface area contributed by atoms with Crippen molar-refractivity contribution in [3.05, 3.63) is 0 Å². The normalized spacial score (nSPS) is 16.2. The van der Waals surface area contributed by atoms with Gasteiger partial charge in [-0.25, -0.2) is 0 Å². The van der Waals surface area contributed by atoms with Crippen LogP contribution in [0.2, 0.25) is 0 Å². The van der Waals surface area contributed by atoms with Crippen LogP contribution in [0.1, 0.15) is 19.8 Å². The van der Waals surface area contributed by atoms with Crippen molar-refractivity contribution in [2.45, 2.75) is 36.6 Å². The van der Waals surface area contributed by atoms with Gasteiger partial charge in [-0.2, -0.15) is 17.6 Å². The zero-order chi connectivity index (χ0) is 9.99. The molecule has 0 radical (unpaired) electrons. The molecule has 74 valence electrons. The lowest BCUT2D eigenvalue weighted by Crippen LogP contribution is -2.45. The minimum absolute atomic E-state index is 0.222. The van der Waals surface area contributed by atoms with Crippen molar-refractivity contribution >= 4 is 15.9 Å². The summed E-state index contributed by atoms with van der Waals surface area (Å²) in [6, 6.07) is 0. The van der Waals surface area contributed by atoms with Crippen molar-refractivity contribution in [2.75, 3.05) is 0 Å². The number of aliphatic hydroxyl groups is 1. The molecule has 0 rings (SSSR count). The van der Waals surface area contributed by atoms with E-state index in [0.717, 1.165) is 0 Å². The van der Waals surface area contributed by atoms with Gasteiger partial charge in [0.1, 0.15) is 6.10 Å². The van der Waals surface area contributed by atoms with Crippen molar-refractivity contribution in [1.82, 2.24) is 0 Å².